The maximum absolute atomic E-state index is 10.9. The number of rotatable bonds is 5. The standard InChI is InChI=1S/C13H19NO2/c1-9(2)11-6-4-5-10(7-11)8-12(14-3)13(15)16/h4-7,9,12,14H,8H2,1-3H3,(H,15,16). The van der Waals surface area contributed by atoms with Crippen LogP contribution in [0.25, 0.3) is 0 Å². The first-order chi connectivity index (χ1) is 7.54. The second-order valence-electron chi connectivity index (χ2n) is 4.28. The summed E-state index contributed by atoms with van der Waals surface area (Å²) in [4.78, 5) is 10.9. The van der Waals surface area contributed by atoms with Gasteiger partial charge in [-0.05, 0) is 30.5 Å². The van der Waals surface area contributed by atoms with Gasteiger partial charge in [0, 0.05) is 0 Å². The van der Waals surface area contributed by atoms with Crippen molar-refractivity contribution in [3.63, 3.8) is 0 Å². The van der Waals surface area contributed by atoms with Crippen LogP contribution in [0.2, 0.25) is 0 Å². The Kier molecular flexibility index (Phi) is 4.50. The average molecular weight is 221 g/mol. The van der Waals surface area contributed by atoms with Crippen molar-refractivity contribution in [3.8, 4) is 0 Å². The van der Waals surface area contributed by atoms with E-state index in [0.717, 1.165) is 5.56 Å². The first-order valence-electron chi connectivity index (χ1n) is 5.53. The molecule has 0 aliphatic rings. The summed E-state index contributed by atoms with van der Waals surface area (Å²) < 4.78 is 0. The second kappa shape index (κ2) is 5.66. The highest BCUT2D eigenvalue weighted by atomic mass is 16.4. The van der Waals surface area contributed by atoms with Crippen LogP contribution in [0.3, 0.4) is 0 Å². The van der Waals surface area contributed by atoms with Gasteiger partial charge in [0.1, 0.15) is 6.04 Å². The van der Waals surface area contributed by atoms with Gasteiger partial charge in [-0.15, -0.1) is 0 Å². The summed E-state index contributed by atoms with van der Waals surface area (Å²) in [6.45, 7) is 4.26. The maximum atomic E-state index is 10.9. The summed E-state index contributed by atoms with van der Waals surface area (Å²) in [5, 5.41) is 11.7. The van der Waals surface area contributed by atoms with Crippen molar-refractivity contribution in [1.29, 1.82) is 0 Å². The number of carboxylic acid groups (broad SMARTS) is 1. The molecule has 0 aliphatic carbocycles. The van der Waals surface area contributed by atoms with E-state index in [-0.39, 0.29) is 0 Å². The number of hydrogen-bond acceptors (Lipinski definition) is 2. The Morgan fingerprint density at radius 2 is 2.12 bits per heavy atom. The van der Waals surface area contributed by atoms with Crippen LogP contribution in [-0.2, 0) is 11.2 Å². The van der Waals surface area contributed by atoms with Crippen LogP contribution in [0, 0.1) is 0 Å². The van der Waals surface area contributed by atoms with Crippen LogP contribution in [0.5, 0.6) is 0 Å². The molecule has 1 unspecified atom stereocenters. The Labute approximate surface area is 96.5 Å². The maximum Gasteiger partial charge on any atom is 0.321 e. The van der Waals surface area contributed by atoms with Gasteiger partial charge in [0.15, 0.2) is 0 Å². The molecule has 1 aromatic rings. The zero-order valence-corrected chi connectivity index (χ0v) is 10.0. The lowest BCUT2D eigenvalue weighted by molar-refractivity contribution is -0.139. The van der Waals surface area contributed by atoms with E-state index in [0.29, 0.717) is 12.3 Å². The molecule has 0 aliphatic heterocycles. The summed E-state index contributed by atoms with van der Waals surface area (Å²) in [5.41, 5.74) is 2.31. The fraction of sp³-hybridized carbons (Fsp3) is 0.462. The van der Waals surface area contributed by atoms with Crippen molar-refractivity contribution >= 4 is 5.97 Å². The van der Waals surface area contributed by atoms with Crippen molar-refractivity contribution in [2.75, 3.05) is 7.05 Å². The van der Waals surface area contributed by atoms with Crippen LogP contribution in [0.4, 0.5) is 0 Å². The molecule has 0 spiro atoms. The topological polar surface area (TPSA) is 49.3 Å². The molecule has 0 heterocycles. The Bertz CT molecular complexity index is 361. The second-order valence-corrected chi connectivity index (χ2v) is 4.28. The molecule has 88 valence electrons. The highest BCUT2D eigenvalue weighted by Gasteiger charge is 2.15. The van der Waals surface area contributed by atoms with Crippen LogP contribution >= 0.6 is 0 Å². The third kappa shape index (κ3) is 3.35. The van der Waals surface area contributed by atoms with E-state index in [1.807, 2.05) is 12.1 Å². The molecule has 3 heteroatoms. The van der Waals surface area contributed by atoms with Gasteiger partial charge in [-0.1, -0.05) is 38.1 Å². The van der Waals surface area contributed by atoms with Gasteiger partial charge in [-0.25, -0.2) is 0 Å². The van der Waals surface area contributed by atoms with E-state index >= 15 is 0 Å². The Morgan fingerprint density at radius 3 is 2.62 bits per heavy atom. The zero-order chi connectivity index (χ0) is 12.1. The molecular weight excluding hydrogens is 202 g/mol. The monoisotopic (exact) mass is 221 g/mol. The predicted molar refractivity (Wildman–Crippen MR) is 64.7 cm³/mol. The van der Waals surface area contributed by atoms with Crippen molar-refractivity contribution < 1.29 is 9.90 Å². The molecule has 0 fully saturated rings. The molecule has 0 bridgehead atoms. The normalized spacial score (nSPS) is 12.8. The van der Waals surface area contributed by atoms with Crippen LogP contribution in [0.15, 0.2) is 24.3 Å². The summed E-state index contributed by atoms with van der Waals surface area (Å²) in [5.74, 6) is -0.338. The summed E-state index contributed by atoms with van der Waals surface area (Å²) in [6.07, 6.45) is 0.520. The molecule has 16 heavy (non-hydrogen) atoms. The third-order valence-electron chi connectivity index (χ3n) is 2.70. The van der Waals surface area contributed by atoms with E-state index < -0.39 is 12.0 Å². The smallest absolute Gasteiger partial charge is 0.321 e. The molecule has 3 nitrogen and oxygen atoms in total. The van der Waals surface area contributed by atoms with Crippen molar-refractivity contribution in [1.82, 2.24) is 5.32 Å². The Balaban J connectivity index is 2.80. The number of carboxylic acids is 1. The fourth-order valence-corrected chi connectivity index (χ4v) is 1.63. The SMILES string of the molecule is CNC(Cc1cccc(C(C)C)c1)C(=O)O. The van der Waals surface area contributed by atoms with E-state index in [4.69, 9.17) is 5.11 Å². The lowest BCUT2D eigenvalue weighted by Crippen LogP contribution is -2.35. The molecule has 0 radical (unpaired) electrons. The molecule has 0 saturated heterocycles. The minimum Gasteiger partial charge on any atom is -0.480 e. The van der Waals surface area contributed by atoms with Gasteiger partial charge in [-0.3, -0.25) is 4.79 Å². The number of nitrogens with one attached hydrogen (secondary N) is 1. The summed E-state index contributed by atoms with van der Waals surface area (Å²) in [7, 11) is 1.67. The van der Waals surface area contributed by atoms with Crippen molar-refractivity contribution in [3.05, 3.63) is 35.4 Å². The van der Waals surface area contributed by atoms with Gasteiger partial charge in [0.05, 0.1) is 0 Å². The first kappa shape index (κ1) is 12.7. The Morgan fingerprint density at radius 1 is 1.44 bits per heavy atom. The quantitative estimate of drug-likeness (QED) is 0.799. The highest BCUT2D eigenvalue weighted by molar-refractivity contribution is 5.73. The van der Waals surface area contributed by atoms with Gasteiger partial charge in [0.2, 0.25) is 0 Å². The number of aliphatic carboxylic acids is 1. The molecular formula is C13H19NO2. The lowest BCUT2D eigenvalue weighted by atomic mass is 9.98. The van der Waals surface area contributed by atoms with Gasteiger partial charge in [-0.2, -0.15) is 0 Å². The van der Waals surface area contributed by atoms with Gasteiger partial charge >= 0.3 is 5.97 Å². The van der Waals surface area contributed by atoms with Crippen LogP contribution < -0.4 is 5.32 Å². The molecule has 1 rings (SSSR count). The van der Waals surface area contributed by atoms with E-state index in [2.05, 4.69) is 31.3 Å². The minimum atomic E-state index is -0.808. The van der Waals surface area contributed by atoms with E-state index in [9.17, 15) is 4.79 Å². The number of carbonyl (C=O) groups is 1. The van der Waals surface area contributed by atoms with E-state index in [1.54, 1.807) is 7.05 Å². The van der Waals surface area contributed by atoms with Crippen molar-refractivity contribution in [2.45, 2.75) is 32.2 Å². The number of benzene rings is 1. The average Bonchev–Trinajstić information content (AvgIpc) is 2.25. The summed E-state index contributed by atoms with van der Waals surface area (Å²) in [6, 6.07) is 7.60. The molecule has 0 saturated carbocycles. The third-order valence-corrected chi connectivity index (χ3v) is 2.70. The molecule has 1 atom stereocenters. The zero-order valence-electron chi connectivity index (χ0n) is 10.0. The van der Waals surface area contributed by atoms with Gasteiger partial charge < -0.3 is 10.4 Å². The fourth-order valence-electron chi connectivity index (χ4n) is 1.63. The number of hydrogen-bond donors (Lipinski definition) is 2. The van der Waals surface area contributed by atoms with Crippen LogP contribution in [-0.4, -0.2) is 24.2 Å². The minimum absolute atomic E-state index is 0.470. The largest absolute Gasteiger partial charge is 0.480 e. The lowest BCUT2D eigenvalue weighted by Gasteiger charge is -2.13. The Hall–Kier alpha value is -1.35. The predicted octanol–water partition coefficient (Wildman–Crippen LogP) is 2.03. The van der Waals surface area contributed by atoms with Gasteiger partial charge in [0.25, 0.3) is 0 Å². The highest BCUT2D eigenvalue weighted by Crippen LogP contribution is 2.16. The van der Waals surface area contributed by atoms with E-state index in [1.165, 1.54) is 5.56 Å². The van der Waals surface area contributed by atoms with Crippen LogP contribution in [0.1, 0.15) is 30.9 Å². The first-order valence-corrected chi connectivity index (χ1v) is 5.53. The summed E-state index contributed by atoms with van der Waals surface area (Å²) >= 11 is 0. The molecule has 2 N–H and O–H groups in total. The van der Waals surface area contributed by atoms with Crippen molar-refractivity contribution in [2.24, 2.45) is 0 Å². The molecule has 0 amide bonds. The molecule has 1 aromatic carbocycles. The number of likely N-dealkylation sites (N-methyl/N-ethyl adjacent to an activating group) is 1. The molecule has 0 aromatic heterocycles.